The Morgan fingerprint density at radius 3 is 2.39 bits per heavy atom. The highest BCUT2D eigenvalue weighted by Crippen LogP contribution is 2.23. The van der Waals surface area contributed by atoms with E-state index in [4.69, 9.17) is 4.74 Å². The van der Waals surface area contributed by atoms with Crippen molar-refractivity contribution in [3.8, 4) is 11.5 Å². The van der Waals surface area contributed by atoms with Crippen LogP contribution in [0.25, 0.3) is 11.0 Å². The maximum atomic E-state index is 12.4. The van der Waals surface area contributed by atoms with Crippen LogP contribution in [0.15, 0.2) is 66.7 Å². The van der Waals surface area contributed by atoms with Gasteiger partial charge in [-0.1, -0.05) is 23.4 Å². The number of fused-ring (bicyclic) bond motifs is 1. The molecule has 6 heteroatoms. The molecule has 0 spiro atoms. The van der Waals surface area contributed by atoms with E-state index in [2.05, 4.69) is 15.6 Å². The number of nitrogens with one attached hydrogen (secondary N) is 1. The molecule has 140 valence electrons. The second kappa shape index (κ2) is 7.52. The zero-order valence-electron chi connectivity index (χ0n) is 15.7. The highest BCUT2D eigenvalue weighted by atomic mass is 16.5. The molecule has 6 nitrogen and oxygen atoms in total. The van der Waals surface area contributed by atoms with Crippen LogP contribution in [0.1, 0.15) is 11.1 Å². The first-order valence-electron chi connectivity index (χ1n) is 9.02. The molecule has 1 amide bonds. The van der Waals surface area contributed by atoms with Crippen molar-refractivity contribution in [2.45, 2.75) is 20.4 Å². The lowest BCUT2D eigenvalue weighted by Crippen LogP contribution is -2.19. The second-order valence-electron chi connectivity index (χ2n) is 6.66. The van der Waals surface area contributed by atoms with E-state index < -0.39 is 0 Å². The van der Waals surface area contributed by atoms with Crippen molar-refractivity contribution in [1.29, 1.82) is 0 Å². The zero-order chi connectivity index (χ0) is 19.5. The molecule has 0 unspecified atom stereocenters. The lowest BCUT2D eigenvalue weighted by Gasteiger charge is -2.08. The van der Waals surface area contributed by atoms with Gasteiger partial charge in [0.15, 0.2) is 0 Å². The number of rotatable bonds is 5. The number of benzene rings is 3. The molecule has 0 fully saturated rings. The van der Waals surface area contributed by atoms with E-state index in [1.54, 1.807) is 4.68 Å². The van der Waals surface area contributed by atoms with Crippen LogP contribution in [0.5, 0.6) is 11.5 Å². The summed E-state index contributed by atoms with van der Waals surface area (Å²) < 4.78 is 7.37. The van der Waals surface area contributed by atoms with Crippen molar-refractivity contribution in [3.05, 3.63) is 77.9 Å². The molecule has 0 saturated heterocycles. The number of anilines is 1. The van der Waals surface area contributed by atoms with Crippen LogP contribution in [0.4, 0.5) is 5.69 Å². The molecule has 1 N–H and O–H groups in total. The number of aromatic nitrogens is 3. The standard InChI is InChI=1S/C22H20N4O2/c1-15-12-20-21(13-16(15)2)26(25-24-20)14-22(27)23-17-8-10-19(11-9-17)28-18-6-4-3-5-7-18/h3-13H,14H2,1-2H3,(H,23,27). The van der Waals surface area contributed by atoms with E-state index in [-0.39, 0.29) is 12.5 Å². The summed E-state index contributed by atoms with van der Waals surface area (Å²) in [7, 11) is 0. The second-order valence-corrected chi connectivity index (χ2v) is 6.66. The molecule has 0 atom stereocenters. The molecule has 4 aromatic rings. The zero-order valence-corrected chi connectivity index (χ0v) is 15.7. The number of nitrogens with zero attached hydrogens (tertiary/aromatic N) is 3. The van der Waals surface area contributed by atoms with Crippen LogP contribution in [-0.2, 0) is 11.3 Å². The Balaban J connectivity index is 1.42. The molecule has 0 radical (unpaired) electrons. The lowest BCUT2D eigenvalue weighted by atomic mass is 10.1. The number of hydrogen-bond donors (Lipinski definition) is 1. The minimum atomic E-state index is -0.165. The van der Waals surface area contributed by atoms with Crippen LogP contribution in [0.2, 0.25) is 0 Å². The van der Waals surface area contributed by atoms with Gasteiger partial charge >= 0.3 is 0 Å². The Bertz CT molecular complexity index is 1120. The predicted octanol–water partition coefficient (Wildman–Crippen LogP) is 4.48. The smallest absolute Gasteiger partial charge is 0.246 e. The van der Waals surface area contributed by atoms with Crippen molar-refractivity contribution in [2.24, 2.45) is 0 Å². The summed E-state index contributed by atoms with van der Waals surface area (Å²) in [6.45, 7) is 4.16. The number of carbonyl (C=O) groups excluding carboxylic acids is 1. The van der Waals surface area contributed by atoms with Crippen molar-refractivity contribution in [1.82, 2.24) is 15.0 Å². The number of amides is 1. The molecule has 0 aliphatic rings. The van der Waals surface area contributed by atoms with Crippen LogP contribution in [-0.4, -0.2) is 20.9 Å². The fraction of sp³-hybridized carbons (Fsp3) is 0.136. The number of hydrogen-bond acceptors (Lipinski definition) is 4. The minimum Gasteiger partial charge on any atom is -0.457 e. The van der Waals surface area contributed by atoms with Gasteiger partial charge in [0.25, 0.3) is 0 Å². The minimum absolute atomic E-state index is 0.0985. The third-order valence-corrected chi connectivity index (χ3v) is 4.54. The predicted molar refractivity (Wildman–Crippen MR) is 109 cm³/mol. The first-order valence-corrected chi connectivity index (χ1v) is 9.02. The SMILES string of the molecule is Cc1cc2nnn(CC(=O)Nc3ccc(Oc4ccccc4)cc3)c2cc1C. The third-order valence-electron chi connectivity index (χ3n) is 4.54. The van der Waals surface area contributed by atoms with Gasteiger partial charge in [0.05, 0.1) is 5.52 Å². The summed E-state index contributed by atoms with van der Waals surface area (Å²) in [6, 6.07) is 20.8. The van der Waals surface area contributed by atoms with Crippen LogP contribution in [0.3, 0.4) is 0 Å². The van der Waals surface area contributed by atoms with Crippen molar-refractivity contribution in [2.75, 3.05) is 5.32 Å². The van der Waals surface area contributed by atoms with Crippen LogP contribution >= 0.6 is 0 Å². The summed E-state index contributed by atoms with van der Waals surface area (Å²) in [5.41, 5.74) is 4.64. The number of aryl methyl sites for hydroxylation is 2. The average molecular weight is 372 g/mol. The molecule has 4 rings (SSSR count). The van der Waals surface area contributed by atoms with E-state index in [1.165, 1.54) is 0 Å². The first-order chi connectivity index (χ1) is 13.6. The summed E-state index contributed by atoms with van der Waals surface area (Å²) in [4.78, 5) is 12.4. The highest BCUT2D eigenvalue weighted by Gasteiger charge is 2.11. The quantitative estimate of drug-likeness (QED) is 0.561. The Hall–Kier alpha value is -3.67. The number of ether oxygens (including phenoxy) is 1. The summed E-state index contributed by atoms with van der Waals surface area (Å²) in [5.74, 6) is 1.31. The van der Waals surface area contributed by atoms with E-state index in [1.807, 2.05) is 80.6 Å². The number of para-hydroxylation sites is 1. The van der Waals surface area contributed by atoms with Crippen molar-refractivity contribution < 1.29 is 9.53 Å². The monoisotopic (exact) mass is 372 g/mol. The summed E-state index contributed by atoms with van der Waals surface area (Å²) in [6.07, 6.45) is 0. The Kier molecular flexibility index (Phi) is 4.76. The third kappa shape index (κ3) is 3.86. The van der Waals surface area contributed by atoms with Gasteiger partial charge in [-0.3, -0.25) is 4.79 Å². The maximum Gasteiger partial charge on any atom is 0.246 e. The van der Waals surface area contributed by atoms with Gasteiger partial charge in [0.1, 0.15) is 23.6 Å². The Labute approximate surface area is 162 Å². The molecule has 3 aromatic carbocycles. The number of carbonyl (C=O) groups is 1. The average Bonchev–Trinajstić information content (AvgIpc) is 3.06. The van der Waals surface area contributed by atoms with E-state index in [0.29, 0.717) is 11.4 Å². The Morgan fingerprint density at radius 2 is 1.64 bits per heavy atom. The largest absolute Gasteiger partial charge is 0.457 e. The fourth-order valence-electron chi connectivity index (χ4n) is 2.91. The first kappa shape index (κ1) is 17.7. The molecule has 0 aliphatic carbocycles. The molecule has 1 heterocycles. The lowest BCUT2D eigenvalue weighted by molar-refractivity contribution is -0.116. The molecule has 0 bridgehead atoms. The molecule has 1 aromatic heterocycles. The molecular formula is C22H20N4O2. The molecule has 0 aliphatic heterocycles. The van der Waals surface area contributed by atoms with Gasteiger partial charge in [0.2, 0.25) is 5.91 Å². The van der Waals surface area contributed by atoms with Crippen molar-refractivity contribution >= 4 is 22.6 Å². The van der Waals surface area contributed by atoms with Gasteiger partial charge in [-0.2, -0.15) is 0 Å². The normalized spacial score (nSPS) is 10.8. The molecule has 28 heavy (non-hydrogen) atoms. The van der Waals surface area contributed by atoms with E-state index in [9.17, 15) is 4.79 Å². The fourth-order valence-corrected chi connectivity index (χ4v) is 2.91. The summed E-state index contributed by atoms with van der Waals surface area (Å²) >= 11 is 0. The highest BCUT2D eigenvalue weighted by molar-refractivity contribution is 5.91. The van der Waals surface area contributed by atoms with E-state index in [0.717, 1.165) is 27.9 Å². The summed E-state index contributed by atoms with van der Waals surface area (Å²) in [5, 5.41) is 11.1. The van der Waals surface area contributed by atoms with Gasteiger partial charge in [-0.25, -0.2) is 4.68 Å². The van der Waals surface area contributed by atoms with Crippen molar-refractivity contribution in [3.63, 3.8) is 0 Å². The topological polar surface area (TPSA) is 69.0 Å². The molecule has 0 saturated carbocycles. The van der Waals surface area contributed by atoms with Gasteiger partial charge in [-0.15, -0.1) is 5.10 Å². The Morgan fingerprint density at radius 1 is 0.964 bits per heavy atom. The van der Waals surface area contributed by atoms with E-state index >= 15 is 0 Å². The van der Waals surface area contributed by atoms with Gasteiger partial charge in [0, 0.05) is 5.69 Å². The van der Waals surface area contributed by atoms with Gasteiger partial charge < -0.3 is 10.1 Å². The maximum absolute atomic E-state index is 12.4. The van der Waals surface area contributed by atoms with Crippen LogP contribution < -0.4 is 10.1 Å². The molecular weight excluding hydrogens is 352 g/mol. The van der Waals surface area contributed by atoms with Gasteiger partial charge in [-0.05, 0) is 73.5 Å². The van der Waals surface area contributed by atoms with Crippen LogP contribution in [0, 0.1) is 13.8 Å².